The van der Waals surface area contributed by atoms with Crippen LogP contribution in [0.25, 0.3) is 10.9 Å². The molecule has 3 heteroatoms. The highest BCUT2D eigenvalue weighted by Crippen LogP contribution is 2.30. The van der Waals surface area contributed by atoms with Crippen molar-refractivity contribution in [3.05, 3.63) is 65.9 Å². The number of fused-ring (bicyclic) bond motifs is 1. The molecule has 0 atom stereocenters. The van der Waals surface area contributed by atoms with E-state index in [9.17, 15) is 0 Å². The molecule has 0 amide bonds. The van der Waals surface area contributed by atoms with Crippen molar-refractivity contribution in [3.8, 4) is 11.5 Å². The van der Waals surface area contributed by atoms with E-state index in [2.05, 4.69) is 4.98 Å². The lowest BCUT2D eigenvalue weighted by molar-refractivity contribution is 0.281. The summed E-state index contributed by atoms with van der Waals surface area (Å²) in [7, 11) is 0. The van der Waals surface area contributed by atoms with Crippen LogP contribution in [-0.4, -0.2) is 10.1 Å². The van der Waals surface area contributed by atoms with E-state index in [1.807, 2.05) is 55.5 Å². The molecule has 100 valence electrons. The minimum Gasteiger partial charge on any atom is -0.456 e. The van der Waals surface area contributed by atoms with Gasteiger partial charge in [-0.05, 0) is 48.4 Å². The van der Waals surface area contributed by atoms with E-state index in [1.165, 1.54) is 0 Å². The molecule has 0 unspecified atom stereocenters. The van der Waals surface area contributed by atoms with Gasteiger partial charge in [0.25, 0.3) is 0 Å². The fraction of sp³-hybridized carbons (Fsp3) is 0.118. The quantitative estimate of drug-likeness (QED) is 0.782. The van der Waals surface area contributed by atoms with Crippen LogP contribution in [0.1, 0.15) is 11.1 Å². The van der Waals surface area contributed by atoms with Crippen LogP contribution in [-0.2, 0) is 6.61 Å². The Labute approximate surface area is 117 Å². The highest BCUT2D eigenvalue weighted by Gasteiger charge is 2.06. The Bertz CT molecular complexity index is 748. The number of aromatic nitrogens is 1. The molecule has 3 rings (SSSR count). The molecular formula is C17H15NO2. The molecule has 0 aliphatic heterocycles. The van der Waals surface area contributed by atoms with Gasteiger partial charge in [-0.25, -0.2) is 0 Å². The van der Waals surface area contributed by atoms with Crippen molar-refractivity contribution >= 4 is 10.9 Å². The van der Waals surface area contributed by atoms with E-state index in [0.29, 0.717) is 0 Å². The first-order valence-corrected chi connectivity index (χ1v) is 6.50. The lowest BCUT2D eigenvalue weighted by Crippen LogP contribution is -1.91. The van der Waals surface area contributed by atoms with Gasteiger partial charge >= 0.3 is 0 Å². The topological polar surface area (TPSA) is 42.4 Å². The normalized spacial score (nSPS) is 10.7. The Balaban J connectivity index is 2.01. The van der Waals surface area contributed by atoms with E-state index < -0.39 is 0 Å². The Hall–Kier alpha value is -2.39. The molecule has 0 fully saturated rings. The highest BCUT2D eigenvalue weighted by molar-refractivity contribution is 5.85. The number of hydrogen-bond acceptors (Lipinski definition) is 3. The number of aliphatic hydroxyl groups is 1. The summed E-state index contributed by atoms with van der Waals surface area (Å²) in [6, 6.07) is 15.4. The summed E-state index contributed by atoms with van der Waals surface area (Å²) in [5, 5.41) is 10.1. The van der Waals surface area contributed by atoms with Crippen LogP contribution in [0.2, 0.25) is 0 Å². The van der Waals surface area contributed by atoms with Gasteiger partial charge in [-0.1, -0.05) is 18.2 Å². The van der Waals surface area contributed by atoms with Crippen molar-refractivity contribution in [2.75, 3.05) is 0 Å². The number of pyridine rings is 1. The summed E-state index contributed by atoms with van der Waals surface area (Å²) in [5.41, 5.74) is 2.79. The minimum atomic E-state index is 0.0410. The molecule has 20 heavy (non-hydrogen) atoms. The van der Waals surface area contributed by atoms with Gasteiger partial charge in [-0.3, -0.25) is 4.98 Å². The van der Waals surface area contributed by atoms with Gasteiger partial charge in [0.1, 0.15) is 11.5 Å². The van der Waals surface area contributed by atoms with Crippen LogP contribution in [0.15, 0.2) is 54.7 Å². The molecule has 3 nitrogen and oxygen atoms in total. The van der Waals surface area contributed by atoms with Crippen LogP contribution in [0.3, 0.4) is 0 Å². The largest absolute Gasteiger partial charge is 0.456 e. The van der Waals surface area contributed by atoms with Gasteiger partial charge in [0.15, 0.2) is 0 Å². The van der Waals surface area contributed by atoms with E-state index in [0.717, 1.165) is 33.5 Å². The van der Waals surface area contributed by atoms with Crippen LogP contribution in [0.5, 0.6) is 11.5 Å². The number of aliphatic hydroxyl groups excluding tert-OH is 1. The number of benzene rings is 2. The Morgan fingerprint density at radius 3 is 2.75 bits per heavy atom. The second kappa shape index (κ2) is 5.31. The second-order valence-corrected chi connectivity index (χ2v) is 4.69. The van der Waals surface area contributed by atoms with Gasteiger partial charge in [0.2, 0.25) is 0 Å². The highest BCUT2D eigenvalue weighted by atomic mass is 16.5. The van der Waals surface area contributed by atoms with Gasteiger partial charge in [0.05, 0.1) is 12.1 Å². The molecule has 0 bridgehead atoms. The van der Waals surface area contributed by atoms with Gasteiger partial charge in [-0.15, -0.1) is 0 Å². The predicted molar refractivity (Wildman–Crippen MR) is 78.9 cm³/mol. The molecule has 1 aromatic heterocycles. The standard InChI is InChI=1S/C17H15NO2/c1-12-10-13(11-19)7-8-16(12)20-17-6-2-5-15-14(17)4-3-9-18-15/h2-10,19H,11H2,1H3. The molecular weight excluding hydrogens is 250 g/mol. The van der Waals surface area contributed by atoms with Gasteiger partial charge < -0.3 is 9.84 Å². The van der Waals surface area contributed by atoms with Crippen molar-refractivity contribution in [1.29, 1.82) is 0 Å². The van der Waals surface area contributed by atoms with E-state index in [4.69, 9.17) is 9.84 Å². The number of hydrogen-bond donors (Lipinski definition) is 1. The Morgan fingerprint density at radius 1 is 1.05 bits per heavy atom. The van der Waals surface area contributed by atoms with Crippen molar-refractivity contribution in [3.63, 3.8) is 0 Å². The summed E-state index contributed by atoms with van der Waals surface area (Å²) in [5.74, 6) is 1.58. The molecule has 2 aromatic carbocycles. The lowest BCUT2D eigenvalue weighted by atomic mass is 10.1. The smallest absolute Gasteiger partial charge is 0.136 e. The first kappa shape index (κ1) is 12.6. The molecule has 0 saturated heterocycles. The molecule has 1 N–H and O–H groups in total. The summed E-state index contributed by atoms with van der Waals surface area (Å²) in [6.45, 7) is 2.01. The average molecular weight is 265 g/mol. The second-order valence-electron chi connectivity index (χ2n) is 4.69. The molecule has 0 aliphatic rings. The van der Waals surface area contributed by atoms with Crippen molar-refractivity contribution in [1.82, 2.24) is 4.98 Å². The zero-order chi connectivity index (χ0) is 13.9. The summed E-state index contributed by atoms with van der Waals surface area (Å²) in [4.78, 5) is 4.32. The van der Waals surface area contributed by atoms with Crippen LogP contribution in [0.4, 0.5) is 0 Å². The van der Waals surface area contributed by atoms with Crippen LogP contribution < -0.4 is 4.74 Å². The van der Waals surface area contributed by atoms with Crippen molar-refractivity contribution in [2.45, 2.75) is 13.5 Å². The summed E-state index contributed by atoms with van der Waals surface area (Å²) < 4.78 is 6.00. The predicted octanol–water partition coefficient (Wildman–Crippen LogP) is 3.83. The first-order valence-electron chi connectivity index (χ1n) is 6.50. The number of rotatable bonds is 3. The fourth-order valence-corrected chi connectivity index (χ4v) is 2.21. The van der Waals surface area contributed by atoms with Crippen molar-refractivity contribution < 1.29 is 9.84 Å². The number of ether oxygens (including phenoxy) is 1. The molecule has 0 saturated carbocycles. The molecule has 0 radical (unpaired) electrons. The SMILES string of the molecule is Cc1cc(CO)ccc1Oc1cccc2ncccc12. The third-order valence-electron chi connectivity index (χ3n) is 3.25. The monoisotopic (exact) mass is 265 g/mol. The molecule has 1 heterocycles. The third-order valence-corrected chi connectivity index (χ3v) is 3.25. The van der Waals surface area contributed by atoms with Crippen molar-refractivity contribution in [2.24, 2.45) is 0 Å². The van der Waals surface area contributed by atoms with E-state index >= 15 is 0 Å². The molecule has 0 spiro atoms. The lowest BCUT2D eigenvalue weighted by Gasteiger charge is -2.11. The van der Waals surface area contributed by atoms with Gasteiger partial charge in [0, 0.05) is 11.6 Å². The van der Waals surface area contributed by atoms with Crippen LogP contribution >= 0.6 is 0 Å². The van der Waals surface area contributed by atoms with Gasteiger partial charge in [-0.2, -0.15) is 0 Å². The number of nitrogens with zero attached hydrogens (tertiary/aromatic N) is 1. The van der Waals surface area contributed by atoms with E-state index in [-0.39, 0.29) is 6.61 Å². The maximum Gasteiger partial charge on any atom is 0.136 e. The van der Waals surface area contributed by atoms with E-state index in [1.54, 1.807) is 6.20 Å². The Morgan fingerprint density at radius 2 is 1.95 bits per heavy atom. The number of aryl methyl sites for hydroxylation is 1. The zero-order valence-electron chi connectivity index (χ0n) is 11.2. The molecule has 0 aliphatic carbocycles. The fourth-order valence-electron chi connectivity index (χ4n) is 2.21. The zero-order valence-corrected chi connectivity index (χ0v) is 11.2. The third kappa shape index (κ3) is 2.36. The maximum atomic E-state index is 9.13. The summed E-state index contributed by atoms with van der Waals surface area (Å²) >= 11 is 0. The first-order chi connectivity index (χ1) is 9.78. The minimum absolute atomic E-state index is 0.0410. The molecule has 3 aromatic rings. The Kier molecular flexibility index (Phi) is 3.35. The maximum absolute atomic E-state index is 9.13. The summed E-state index contributed by atoms with van der Waals surface area (Å²) in [6.07, 6.45) is 1.77. The van der Waals surface area contributed by atoms with Crippen LogP contribution in [0, 0.1) is 6.92 Å². The average Bonchev–Trinajstić information content (AvgIpc) is 2.49.